The van der Waals surface area contributed by atoms with Gasteiger partial charge in [-0.2, -0.15) is 0 Å². The molecular weight excluding hydrogens is 256 g/mol. The molecule has 0 aliphatic carbocycles. The van der Waals surface area contributed by atoms with Gasteiger partial charge in [0, 0.05) is 23.2 Å². The van der Waals surface area contributed by atoms with Gasteiger partial charge in [0.2, 0.25) is 0 Å². The van der Waals surface area contributed by atoms with Gasteiger partial charge in [-0.1, -0.05) is 19.1 Å². The molecule has 0 amide bonds. The first-order chi connectivity index (χ1) is 9.11. The fourth-order valence-electron chi connectivity index (χ4n) is 2.18. The zero-order chi connectivity index (χ0) is 13.8. The molecule has 2 rings (SSSR count). The number of rotatable bonds is 5. The van der Waals surface area contributed by atoms with Gasteiger partial charge in [-0.15, -0.1) is 11.3 Å². The summed E-state index contributed by atoms with van der Waals surface area (Å²) in [6, 6.07) is 6.14. The summed E-state index contributed by atoms with van der Waals surface area (Å²) < 4.78 is 0. The molecule has 0 aliphatic heterocycles. The summed E-state index contributed by atoms with van der Waals surface area (Å²) >= 11 is 1.66. The van der Waals surface area contributed by atoms with E-state index in [1.807, 2.05) is 30.6 Å². The van der Waals surface area contributed by atoms with E-state index in [2.05, 4.69) is 24.1 Å². The lowest BCUT2D eigenvalue weighted by atomic mass is 10.0. The summed E-state index contributed by atoms with van der Waals surface area (Å²) in [5.41, 5.74) is 2.00. The number of phenols is 1. The van der Waals surface area contributed by atoms with Crippen LogP contribution in [0.5, 0.6) is 5.75 Å². The van der Waals surface area contributed by atoms with Crippen molar-refractivity contribution in [2.75, 3.05) is 0 Å². The Kier molecular flexibility index (Phi) is 4.56. The van der Waals surface area contributed by atoms with Crippen LogP contribution in [0.1, 0.15) is 48.5 Å². The molecule has 2 aromatic rings. The zero-order valence-corrected chi connectivity index (χ0v) is 12.4. The predicted molar refractivity (Wildman–Crippen MR) is 79.5 cm³/mol. The van der Waals surface area contributed by atoms with Crippen molar-refractivity contribution in [3.8, 4) is 5.75 Å². The normalized spacial score (nSPS) is 14.3. The van der Waals surface area contributed by atoms with Crippen LogP contribution in [0.3, 0.4) is 0 Å². The number of benzene rings is 1. The van der Waals surface area contributed by atoms with Crippen molar-refractivity contribution < 1.29 is 5.11 Å². The average Bonchev–Trinajstić information content (AvgIpc) is 2.89. The van der Waals surface area contributed by atoms with Crippen LogP contribution >= 0.6 is 11.3 Å². The van der Waals surface area contributed by atoms with E-state index in [0.717, 1.165) is 22.6 Å². The van der Waals surface area contributed by atoms with Crippen LogP contribution in [-0.2, 0) is 0 Å². The molecule has 2 unspecified atom stereocenters. The number of aromatic hydroxyl groups is 1. The highest BCUT2D eigenvalue weighted by Gasteiger charge is 2.17. The van der Waals surface area contributed by atoms with E-state index < -0.39 is 0 Å². The molecule has 102 valence electrons. The van der Waals surface area contributed by atoms with E-state index >= 15 is 0 Å². The molecule has 0 spiro atoms. The van der Waals surface area contributed by atoms with Crippen LogP contribution in [-0.4, -0.2) is 10.1 Å². The lowest BCUT2D eigenvalue weighted by molar-refractivity contribution is 0.423. The molecule has 2 N–H and O–H groups in total. The lowest BCUT2D eigenvalue weighted by Gasteiger charge is -2.21. The number of hydrogen-bond donors (Lipinski definition) is 2. The molecule has 0 saturated carbocycles. The lowest BCUT2D eigenvalue weighted by Crippen LogP contribution is -2.24. The molecular formula is C15H20N2OS. The van der Waals surface area contributed by atoms with E-state index in [9.17, 15) is 5.11 Å². The molecule has 0 fully saturated rings. The molecule has 4 heteroatoms. The fourth-order valence-corrected chi connectivity index (χ4v) is 2.96. The molecule has 0 saturated heterocycles. The van der Waals surface area contributed by atoms with E-state index in [1.165, 1.54) is 0 Å². The maximum absolute atomic E-state index is 10.0. The molecule has 1 aromatic carbocycles. The fraction of sp³-hybridized carbons (Fsp3) is 0.400. The second-order valence-electron chi connectivity index (χ2n) is 4.78. The second kappa shape index (κ2) is 6.17. The summed E-state index contributed by atoms with van der Waals surface area (Å²) in [6.45, 7) is 6.19. The Hall–Kier alpha value is -1.39. The average molecular weight is 276 g/mol. The Morgan fingerprint density at radius 1 is 1.42 bits per heavy atom. The van der Waals surface area contributed by atoms with Gasteiger partial charge in [0.25, 0.3) is 0 Å². The van der Waals surface area contributed by atoms with Crippen LogP contribution in [0.15, 0.2) is 29.8 Å². The summed E-state index contributed by atoms with van der Waals surface area (Å²) in [7, 11) is 0. The van der Waals surface area contributed by atoms with Crippen LogP contribution in [0.4, 0.5) is 0 Å². The first kappa shape index (κ1) is 14.0. The van der Waals surface area contributed by atoms with Crippen LogP contribution in [0.25, 0.3) is 0 Å². The minimum atomic E-state index is 0.0921. The highest BCUT2D eigenvalue weighted by Crippen LogP contribution is 2.28. The monoisotopic (exact) mass is 276 g/mol. The van der Waals surface area contributed by atoms with Crippen molar-refractivity contribution in [1.82, 2.24) is 10.3 Å². The largest absolute Gasteiger partial charge is 0.508 e. The van der Waals surface area contributed by atoms with Crippen molar-refractivity contribution in [2.24, 2.45) is 0 Å². The summed E-state index contributed by atoms with van der Waals surface area (Å²) in [5.74, 6) is 0.356. The van der Waals surface area contributed by atoms with Crippen molar-refractivity contribution in [1.29, 1.82) is 0 Å². The Morgan fingerprint density at radius 2 is 2.21 bits per heavy atom. The minimum Gasteiger partial charge on any atom is -0.508 e. The van der Waals surface area contributed by atoms with Gasteiger partial charge in [0.1, 0.15) is 10.8 Å². The summed E-state index contributed by atoms with van der Waals surface area (Å²) in [6.07, 6.45) is 2.81. The standard InChI is InChI=1S/C15H20N2OS/c1-4-13(15-16-7-8-19-15)17-11(3)12-6-5-10(2)9-14(12)18/h5-9,11,13,17-18H,4H2,1-3H3. The van der Waals surface area contributed by atoms with Gasteiger partial charge < -0.3 is 10.4 Å². The van der Waals surface area contributed by atoms with Gasteiger partial charge >= 0.3 is 0 Å². The molecule has 2 atom stereocenters. The smallest absolute Gasteiger partial charge is 0.120 e. The van der Waals surface area contributed by atoms with Gasteiger partial charge in [0.15, 0.2) is 0 Å². The number of aryl methyl sites for hydroxylation is 1. The van der Waals surface area contributed by atoms with Gasteiger partial charge in [0.05, 0.1) is 6.04 Å². The maximum Gasteiger partial charge on any atom is 0.120 e. The predicted octanol–water partition coefficient (Wildman–Crippen LogP) is 3.96. The third-order valence-electron chi connectivity index (χ3n) is 3.26. The van der Waals surface area contributed by atoms with Crippen molar-refractivity contribution in [3.63, 3.8) is 0 Å². The Labute approximate surface area is 118 Å². The van der Waals surface area contributed by atoms with E-state index in [1.54, 1.807) is 17.4 Å². The summed E-state index contributed by atoms with van der Waals surface area (Å²) in [4.78, 5) is 4.36. The number of aromatic nitrogens is 1. The number of hydrogen-bond acceptors (Lipinski definition) is 4. The highest BCUT2D eigenvalue weighted by molar-refractivity contribution is 7.09. The Balaban J connectivity index is 2.13. The quantitative estimate of drug-likeness (QED) is 0.869. The minimum absolute atomic E-state index is 0.0921. The number of nitrogens with zero attached hydrogens (tertiary/aromatic N) is 1. The number of thiazole rings is 1. The van der Waals surface area contributed by atoms with Crippen LogP contribution in [0, 0.1) is 6.92 Å². The van der Waals surface area contributed by atoms with Crippen molar-refractivity contribution >= 4 is 11.3 Å². The topological polar surface area (TPSA) is 45.1 Å². The Bertz CT molecular complexity index is 525. The van der Waals surface area contributed by atoms with Crippen molar-refractivity contribution in [3.05, 3.63) is 45.9 Å². The molecule has 0 bridgehead atoms. The maximum atomic E-state index is 10.0. The number of phenolic OH excluding ortho intramolecular Hbond substituents is 1. The van der Waals surface area contributed by atoms with E-state index in [-0.39, 0.29) is 12.1 Å². The molecule has 1 aromatic heterocycles. The zero-order valence-electron chi connectivity index (χ0n) is 11.6. The van der Waals surface area contributed by atoms with E-state index in [4.69, 9.17) is 0 Å². The second-order valence-corrected chi connectivity index (χ2v) is 5.71. The third-order valence-corrected chi connectivity index (χ3v) is 4.15. The molecule has 3 nitrogen and oxygen atoms in total. The molecule has 1 heterocycles. The molecule has 0 aliphatic rings. The van der Waals surface area contributed by atoms with Crippen molar-refractivity contribution in [2.45, 2.75) is 39.3 Å². The first-order valence-corrected chi connectivity index (χ1v) is 7.44. The Morgan fingerprint density at radius 3 is 2.79 bits per heavy atom. The van der Waals surface area contributed by atoms with E-state index in [0.29, 0.717) is 5.75 Å². The van der Waals surface area contributed by atoms with Crippen LogP contribution in [0.2, 0.25) is 0 Å². The first-order valence-electron chi connectivity index (χ1n) is 6.56. The molecule has 19 heavy (non-hydrogen) atoms. The SMILES string of the molecule is CCC(NC(C)c1ccc(C)cc1O)c1nccs1. The number of nitrogens with one attached hydrogen (secondary N) is 1. The van der Waals surface area contributed by atoms with Gasteiger partial charge in [-0.05, 0) is 31.9 Å². The van der Waals surface area contributed by atoms with Gasteiger partial charge in [-0.25, -0.2) is 4.98 Å². The van der Waals surface area contributed by atoms with Crippen LogP contribution < -0.4 is 5.32 Å². The molecule has 0 radical (unpaired) electrons. The highest BCUT2D eigenvalue weighted by atomic mass is 32.1. The van der Waals surface area contributed by atoms with Gasteiger partial charge in [-0.3, -0.25) is 0 Å². The summed E-state index contributed by atoms with van der Waals surface area (Å²) in [5, 5.41) is 16.7. The third kappa shape index (κ3) is 3.33.